The lowest BCUT2D eigenvalue weighted by Crippen LogP contribution is -1.93. The highest BCUT2D eigenvalue weighted by Gasteiger charge is 2.12. The number of aryl methyl sites for hydroxylation is 1. The van der Waals surface area contributed by atoms with Crippen LogP contribution in [0.1, 0.15) is 17.0 Å². The van der Waals surface area contributed by atoms with Gasteiger partial charge >= 0.3 is 0 Å². The lowest BCUT2D eigenvalue weighted by atomic mass is 10.0. The van der Waals surface area contributed by atoms with Gasteiger partial charge in [-0.25, -0.2) is 0 Å². The van der Waals surface area contributed by atoms with Crippen LogP contribution >= 0.6 is 11.8 Å². The van der Waals surface area contributed by atoms with E-state index in [-0.39, 0.29) is 0 Å². The zero-order valence-corrected chi connectivity index (χ0v) is 11.0. The summed E-state index contributed by atoms with van der Waals surface area (Å²) in [5.41, 5.74) is 9.72. The molecule has 0 atom stereocenters. The SMILES string of the molecule is CSCc1noc(-c2cc(N)cc(C)c2C)n1. The summed E-state index contributed by atoms with van der Waals surface area (Å²) in [7, 11) is 0. The molecule has 17 heavy (non-hydrogen) atoms. The summed E-state index contributed by atoms with van der Waals surface area (Å²) in [5.74, 6) is 2.01. The Kier molecular flexibility index (Phi) is 3.38. The van der Waals surface area contributed by atoms with Crippen LogP contribution in [0.3, 0.4) is 0 Å². The second-order valence-corrected chi connectivity index (χ2v) is 4.83. The number of rotatable bonds is 3. The second kappa shape index (κ2) is 4.79. The van der Waals surface area contributed by atoms with Crippen molar-refractivity contribution in [2.45, 2.75) is 19.6 Å². The fraction of sp³-hybridized carbons (Fsp3) is 0.333. The van der Waals surface area contributed by atoms with E-state index in [1.54, 1.807) is 11.8 Å². The number of nitrogens with two attached hydrogens (primary N) is 1. The molecule has 2 rings (SSSR count). The van der Waals surface area contributed by atoms with Crippen molar-refractivity contribution in [3.05, 3.63) is 29.1 Å². The Hall–Kier alpha value is -1.49. The monoisotopic (exact) mass is 249 g/mol. The van der Waals surface area contributed by atoms with E-state index in [1.165, 1.54) is 0 Å². The van der Waals surface area contributed by atoms with Crippen LogP contribution in [0.5, 0.6) is 0 Å². The molecule has 0 aliphatic rings. The van der Waals surface area contributed by atoms with E-state index in [4.69, 9.17) is 10.3 Å². The molecule has 0 aliphatic heterocycles. The predicted molar refractivity (Wildman–Crippen MR) is 70.8 cm³/mol. The number of nitrogens with zero attached hydrogens (tertiary/aromatic N) is 2. The molecule has 0 fully saturated rings. The fourth-order valence-corrected chi connectivity index (χ4v) is 2.04. The number of anilines is 1. The van der Waals surface area contributed by atoms with Gasteiger partial charge in [-0.2, -0.15) is 16.7 Å². The molecule has 0 bridgehead atoms. The molecule has 0 unspecified atom stereocenters. The summed E-state index contributed by atoms with van der Waals surface area (Å²) in [6.07, 6.45) is 2.01. The molecule has 1 aromatic carbocycles. The number of thioether (sulfide) groups is 1. The van der Waals surface area contributed by atoms with E-state index in [0.29, 0.717) is 17.4 Å². The first-order valence-electron chi connectivity index (χ1n) is 5.30. The van der Waals surface area contributed by atoms with Gasteiger partial charge in [0.25, 0.3) is 5.89 Å². The summed E-state index contributed by atoms with van der Waals surface area (Å²) in [6, 6.07) is 3.82. The minimum absolute atomic E-state index is 0.543. The highest BCUT2D eigenvalue weighted by atomic mass is 32.2. The van der Waals surface area contributed by atoms with E-state index in [2.05, 4.69) is 10.1 Å². The van der Waals surface area contributed by atoms with Crippen molar-refractivity contribution < 1.29 is 4.52 Å². The first-order chi connectivity index (χ1) is 8.11. The molecule has 0 saturated carbocycles. The second-order valence-electron chi connectivity index (χ2n) is 3.96. The molecular weight excluding hydrogens is 234 g/mol. The maximum absolute atomic E-state index is 5.84. The van der Waals surface area contributed by atoms with Crippen molar-refractivity contribution in [3.63, 3.8) is 0 Å². The number of hydrogen-bond donors (Lipinski definition) is 1. The molecule has 0 radical (unpaired) electrons. The molecule has 1 aromatic heterocycles. The Labute approximate surface area is 105 Å². The zero-order chi connectivity index (χ0) is 12.4. The van der Waals surface area contributed by atoms with E-state index in [1.807, 2.05) is 32.2 Å². The Bertz CT molecular complexity index is 537. The highest BCUT2D eigenvalue weighted by molar-refractivity contribution is 7.97. The van der Waals surface area contributed by atoms with Gasteiger partial charge in [-0.1, -0.05) is 5.16 Å². The maximum Gasteiger partial charge on any atom is 0.258 e. The molecule has 5 heteroatoms. The zero-order valence-electron chi connectivity index (χ0n) is 10.2. The van der Waals surface area contributed by atoms with E-state index >= 15 is 0 Å². The molecule has 1 heterocycles. The molecule has 0 saturated heterocycles. The minimum Gasteiger partial charge on any atom is -0.399 e. The van der Waals surface area contributed by atoms with Gasteiger partial charge in [0.05, 0.1) is 5.75 Å². The normalized spacial score (nSPS) is 10.8. The number of nitrogen functional groups attached to an aromatic ring is 1. The van der Waals surface area contributed by atoms with Gasteiger partial charge in [0.2, 0.25) is 0 Å². The van der Waals surface area contributed by atoms with Crippen LogP contribution in [-0.4, -0.2) is 16.4 Å². The number of benzene rings is 1. The van der Waals surface area contributed by atoms with E-state index in [9.17, 15) is 0 Å². The molecule has 2 N–H and O–H groups in total. The maximum atomic E-state index is 5.84. The topological polar surface area (TPSA) is 64.9 Å². The Morgan fingerprint density at radius 3 is 2.82 bits per heavy atom. The van der Waals surface area contributed by atoms with Crippen LogP contribution in [0.25, 0.3) is 11.5 Å². The third-order valence-corrected chi connectivity index (χ3v) is 3.21. The smallest absolute Gasteiger partial charge is 0.258 e. The molecule has 4 nitrogen and oxygen atoms in total. The van der Waals surface area contributed by atoms with E-state index < -0.39 is 0 Å². The molecular formula is C12H15N3OS. The summed E-state index contributed by atoms with van der Waals surface area (Å²) < 4.78 is 5.26. The van der Waals surface area contributed by atoms with Crippen molar-refractivity contribution in [1.29, 1.82) is 0 Å². The average molecular weight is 249 g/mol. The van der Waals surface area contributed by atoms with E-state index in [0.717, 1.165) is 22.4 Å². The average Bonchev–Trinajstić information content (AvgIpc) is 2.72. The number of hydrogen-bond acceptors (Lipinski definition) is 5. The summed E-state index contributed by atoms with van der Waals surface area (Å²) in [5, 5.41) is 3.93. The van der Waals surface area contributed by atoms with Crippen LogP contribution in [0, 0.1) is 13.8 Å². The van der Waals surface area contributed by atoms with Crippen molar-refractivity contribution in [3.8, 4) is 11.5 Å². The molecule has 0 spiro atoms. The van der Waals surface area contributed by atoms with Gasteiger partial charge in [0, 0.05) is 11.3 Å². The number of aromatic nitrogens is 2. The standard InChI is InChI=1S/C12H15N3OS/c1-7-4-9(13)5-10(8(7)2)12-14-11(6-17-3)15-16-12/h4-5H,6,13H2,1-3H3. The molecule has 2 aromatic rings. The van der Waals surface area contributed by atoms with Crippen molar-refractivity contribution in [2.75, 3.05) is 12.0 Å². The molecule has 90 valence electrons. The first-order valence-corrected chi connectivity index (χ1v) is 6.70. The third-order valence-electron chi connectivity index (χ3n) is 2.66. The fourth-order valence-electron chi connectivity index (χ4n) is 1.66. The minimum atomic E-state index is 0.543. The summed E-state index contributed by atoms with van der Waals surface area (Å²) in [4.78, 5) is 4.36. The van der Waals surface area contributed by atoms with Gasteiger partial charge < -0.3 is 10.3 Å². The van der Waals surface area contributed by atoms with Crippen LogP contribution in [0.15, 0.2) is 16.7 Å². The lowest BCUT2D eigenvalue weighted by molar-refractivity contribution is 0.425. The van der Waals surface area contributed by atoms with Crippen molar-refractivity contribution >= 4 is 17.4 Å². The largest absolute Gasteiger partial charge is 0.399 e. The Morgan fingerprint density at radius 2 is 2.12 bits per heavy atom. The van der Waals surface area contributed by atoms with Gasteiger partial charge in [-0.15, -0.1) is 0 Å². The molecule has 0 amide bonds. The van der Waals surface area contributed by atoms with Gasteiger partial charge in [0.1, 0.15) is 0 Å². The lowest BCUT2D eigenvalue weighted by Gasteiger charge is -2.06. The summed E-state index contributed by atoms with van der Waals surface area (Å²) >= 11 is 1.66. The van der Waals surface area contributed by atoms with Crippen LogP contribution in [0.2, 0.25) is 0 Å². The Morgan fingerprint density at radius 1 is 1.35 bits per heavy atom. The quantitative estimate of drug-likeness (QED) is 0.847. The summed E-state index contributed by atoms with van der Waals surface area (Å²) in [6.45, 7) is 4.05. The van der Waals surface area contributed by atoms with Gasteiger partial charge in [0.15, 0.2) is 5.82 Å². The van der Waals surface area contributed by atoms with Crippen molar-refractivity contribution in [1.82, 2.24) is 10.1 Å². The van der Waals surface area contributed by atoms with Crippen LogP contribution in [0.4, 0.5) is 5.69 Å². The molecule has 0 aliphatic carbocycles. The Balaban J connectivity index is 2.44. The van der Waals surface area contributed by atoms with Crippen LogP contribution in [-0.2, 0) is 5.75 Å². The highest BCUT2D eigenvalue weighted by Crippen LogP contribution is 2.27. The predicted octanol–water partition coefficient (Wildman–Crippen LogP) is 2.80. The third kappa shape index (κ3) is 2.44. The van der Waals surface area contributed by atoms with Gasteiger partial charge in [-0.05, 0) is 43.4 Å². The van der Waals surface area contributed by atoms with Gasteiger partial charge in [-0.3, -0.25) is 0 Å². The van der Waals surface area contributed by atoms with Crippen molar-refractivity contribution in [2.24, 2.45) is 0 Å². The van der Waals surface area contributed by atoms with Crippen LogP contribution < -0.4 is 5.73 Å². The first kappa shape index (κ1) is 12.0.